The molecule has 3 heterocycles. The number of carbonyl (C=O) groups is 1. The van der Waals surface area contributed by atoms with Crippen LogP contribution < -0.4 is 5.73 Å². The minimum Gasteiger partial charge on any atom is -0.369 e. The lowest BCUT2D eigenvalue weighted by atomic mass is 9.82. The van der Waals surface area contributed by atoms with Crippen molar-refractivity contribution in [2.24, 2.45) is 10.7 Å². The van der Waals surface area contributed by atoms with Crippen LogP contribution in [0.25, 0.3) is 11.3 Å². The van der Waals surface area contributed by atoms with Gasteiger partial charge in [0.05, 0.1) is 5.69 Å². The average molecular weight is 430 g/mol. The van der Waals surface area contributed by atoms with Crippen molar-refractivity contribution in [2.75, 3.05) is 7.05 Å². The number of hydrogen-bond donors (Lipinski definition) is 1. The summed E-state index contributed by atoms with van der Waals surface area (Å²) >= 11 is 0. The number of aromatic nitrogens is 3. The Hall–Kier alpha value is -3.89. The van der Waals surface area contributed by atoms with Crippen LogP contribution in [0.2, 0.25) is 0 Å². The zero-order valence-electron chi connectivity index (χ0n) is 15.9. The summed E-state index contributed by atoms with van der Waals surface area (Å²) in [6.45, 7) is 0. The molecule has 0 saturated heterocycles. The highest BCUT2D eigenvalue weighted by molar-refractivity contribution is 6.09. The molecule has 1 atom stereocenters. The van der Waals surface area contributed by atoms with Crippen LogP contribution in [-0.2, 0) is 10.3 Å². The molecule has 11 heteroatoms. The first-order chi connectivity index (χ1) is 14.8. The van der Waals surface area contributed by atoms with Crippen molar-refractivity contribution in [3.63, 3.8) is 0 Å². The minimum absolute atomic E-state index is 0.00894. The maximum atomic E-state index is 14.6. The number of halogens is 4. The number of amides is 1. The molecule has 1 aliphatic heterocycles. The lowest BCUT2D eigenvalue weighted by Crippen LogP contribution is -2.41. The quantitative estimate of drug-likeness (QED) is 0.642. The van der Waals surface area contributed by atoms with E-state index in [4.69, 9.17) is 5.73 Å². The fourth-order valence-electron chi connectivity index (χ4n) is 3.41. The molecule has 1 amide bonds. The highest BCUT2D eigenvalue weighted by Gasteiger charge is 2.50. The monoisotopic (exact) mass is 430 g/mol. The SMILES string of the molecule is CN1C(=O)C(c2ccnc(C(F)F)c2)(c2cc(F)c(F)c(-c3cccnn3)c2)N=C1N. The molecular formula is C20H14F4N6O. The number of alkyl halides is 2. The molecule has 7 nitrogen and oxygen atoms in total. The number of likely N-dealkylation sites (N-methyl/N-ethyl adjacent to an activating group) is 1. The second-order valence-electron chi connectivity index (χ2n) is 6.74. The number of carbonyl (C=O) groups excluding carboxylic acids is 1. The Morgan fingerprint density at radius 2 is 1.87 bits per heavy atom. The topological polar surface area (TPSA) is 97.4 Å². The molecule has 2 N–H and O–H groups in total. The van der Waals surface area contributed by atoms with Gasteiger partial charge in [0.1, 0.15) is 5.69 Å². The number of benzene rings is 1. The predicted octanol–water partition coefficient (Wildman–Crippen LogP) is 2.78. The molecule has 0 saturated carbocycles. The lowest BCUT2D eigenvalue weighted by molar-refractivity contribution is -0.129. The molecule has 0 bridgehead atoms. The molecule has 31 heavy (non-hydrogen) atoms. The highest BCUT2D eigenvalue weighted by atomic mass is 19.3. The van der Waals surface area contributed by atoms with Crippen LogP contribution in [0.3, 0.4) is 0 Å². The van der Waals surface area contributed by atoms with Crippen molar-refractivity contribution in [3.05, 3.63) is 77.2 Å². The molecule has 0 aliphatic carbocycles. The van der Waals surface area contributed by atoms with E-state index in [9.17, 15) is 22.4 Å². The maximum Gasteiger partial charge on any atom is 0.280 e. The third-order valence-corrected chi connectivity index (χ3v) is 4.96. The number of aliphatic imine (C=N–C) groups is 1. The molecule has 0 fully saturated rings. The van der Waals surface area contributed by atoms with Gasteiger partial charge in [0, 0.05) is 25.0 Å². The van der Waals surface area contributed by atoms with Crippen molar-refractivity contribution in [1.29, 1.82) is 0 Å². The Morgan fingerprint density at radius 3 is 2.48 bits per heavy atom. The molecule has 0 radical (unpaired) electrons. The van der Waals surface area contributed by atoms with Crippen molar-refractivity contribution < 1.29 is 22.4 Å². The summed E-state index contributed by atoms with van der Waals surface area (Å²) in [5.41, 5.74) is 2.81. The number of guanidine groups is 1. The third-order valence-electron chi connectivity index (χ3n) is 4.96. The van der Waals surface area contributed by atoms with Gasteiger partial charge in [-0.25, -0.2) is 22.6 Å². The van der Waals surface area contributed by atoms with Crippen molar-refractivity contribution >= 4 is 11.9 Å². The van der Waals surface area contributed by atoms with E-state index in [1.54, 1.807) is 0 Å². The Balaban J connectivity index is 2.02. The van der Waals surface area contributed by atoms with Crippen molar-refractivity contribution in [1.82, 2.24) is 20.1 Å². The Morgan fingerprint density at radius 1 is 1.10 bits per heavy atom. The number of rotatable bonds is 4. The van der Waals surface area contributed by atoms with Crippen LogP contribution in [-0.4, -0.2) is 39.0 Å². The van der Waals surface area contributed by atoms with Crippen LogP contribution in [0.1, 0.15) is 23.2 Å². The standard InChI is InChI=1S/C20H14F4N6O/c1-30-18(31)20(28-19(30)25,10-4-6-26-15(9-10)17(23)24)11-7-12(16(22)13(21)8-11)14-3-2-5-27-29-14/h2-9,17H,1H3,(H2,25,28). The van der Waals surface area contributed by atoms with E-state index in [0.29, 0.717) is 0 Å². The molecule has 1 unspecified atom stereocenters. The van der Waals surface area contributed by atoms with Gasteiger partial charge in [0.25, 0.3) is 12.3 Å². The molecule has 1 aromatic carbocycles. The number of nitrogens with two attached hydrogens (primary N) is 1. The van der Waals surface area contributed by atoms with Crippen LogP contribution >= 0.6 is 0 Å². The van der Waals surface area contributed by atoms with Crippen molar-refractivity contribution in [2.45, 2.75) is 12.0 Å². The van der Waals surface area contributed by atoms with E-state index in [1.165, 1.54) is 37.5 Å². The summed E-state index contributed by atoms with van der Waals surface area (Å²) in [5, 5.41) is 7.43. The van der Waals surface area contributed by atoms with Gasteiger partial charge in [-0.3, -0.25) is 14.7 Å². The third kappa shape index (κ3) is 3.18. The molecule has 0 spiro atoms. The molecule has 1 aliphatic rings. The second-order valence-corrected chi connectivity index (χ2v) is 6.74. The highest BCUT2D eigenvalue weighted by Crippen LogP contribution is 2.42. The fourth-order valence-corrected chi connectivity index (χ4v) is 3.41. The van der Waals surface area contributed by atoms with E-state index in [1.807, 2.05) is 0 Å². The minimum atomic E-state index is -2.92. The van der Waals surface area contributed by atoms with Crippen LogP contribution in [0.5, 0.6) is 0 Å². The summed E-state index contributed by atoms with van der Waals surface area (Å²) in [6.07, 6.45) is -0.487. The smallest absolute Gasteiger partial charge is 0.280 e. The largest absolute Gasteiger partial charge is 0.369 e. The molecule has 2 aromatic heterocycles. The zero-order chi connectivity index (χ0) is 22.3. The van der Waals surface area contributed by atoms with Crippen molar-refractivity contribution in [3.8, 4) is 11.3 Å². The Kier molecular flexibility index (Phi) is 4.88. The van der Waals surface area contributed by atoms with E-state index < -0.39 is 35.2 Å². The van der Waals surface area contributed by atoms with Gasteiger partial charge in [-0.15, -0.1) is 0 Å². The maximum absolute atomic E-state index is 14.6. The van der Waals surface area contributed by atoms with E-state index in [2.05, 4.69) is 20.2 Å². The van der Waals surface area contributed by atoms with E-state index >= 15 is 0 Å². The summed E-state index contributed by atoms with van der Waals surface area (Å²) in [7, 11) is 1.33. The predicted molar refractivity (Wildman–Crippen MR) is 102 cm³/mol. The first kappa shape index (κ1) is 20.4. The van der Waals surface area contributed by atoms with E-state index in [-0.39, 0.29) is 28.3 Å². The Labute approximate surface area is 173 Å². The summed E-state index contributed by atoms with van der Waals surface area (Å²) in [5.74, 6) is -3.44. The summed E-state index contributed by atoms with van der Waals surface area (Å²) in [6, 6.07) is 7.13. The van der Waals surface area contributed by atoms with E-state index in [0.717, 1.165) is 23.2 Å². The zero-order valence-corrected chi connectivity index (χ0v) is 15.9. The summed E-state index contributed by atoms with van der Waals surface area (Å²) < 4.78 is 55.8. The number of nitrogens with zero attached hydrogens (tertiary/aromatic N) is 5. The van der Waals surface area contributed by atoms with Gasteiger partial charge in [-0.1, -0.05) is 0 Å². The number of pyridine rings is 1. The van der Waals surface area contributed by atoms with Crippen LogP contribution in [0.4, 0.5) is 17.6 Å². The van der Waals surface area contributed by atoms with Crippen LogP contribution in [0, 0.1) is 11.6 Å². The Bertz CT molecular complexity index is 1200. The second kappa shape index (κ2) is 7.42. The van der Waals surface area contributed by atoms with Gasteiger partial charge in [-0.05, 0) is 47.5 Å². The summed E-state index contributed by atoms with van der Waals surface area (Å²) in [4.78, 5) is 22.0. The average Bonchev–Trinajstić information content (AvgIpc) is 3.01. The first-order valence-corrected chi connectivity index (χ1v) is 8.91. The van der Waals surface area contributed by atoms with Gasteiger partial charge >= 0.3 is 0 Å². The lowest BCUT2D eigenvalue weighted by Gasteiger charge is -2.27. The molecule has 158 valence electrons. The molecule has 3 aromatic rings. The fraction of sp³-hybridized carbons (Fsp3) is 0.150. The van der Waals surface area contributed by atoms with Gasteiger partial charge in [0.15, 0.2) is 23.1 Å². The number of hydrogen-bond acceptors (Lipinski definition) is 6. The van der Waals surface area contributed by atoms with Gasteiger partial charge in [0.2, 0.25) is 0 Å². The normalized spacial score (nSPS) is 18.6. The van der Waals surface area contributed by atoms with Gasteiger partial charge in [-0.2, -0.15) is 10.2 Å². The molecule has 4 rings (SSSR count). The van der Waals surface area contributed by atoms with Gasteiger partial charge < -0.3 is 5.73 Å². The molecular weight excluding hydrogens is 416 g/mol. The first-order valence-electron chi connectivity index (χ1n) is 8.91. The van der Waals surface area contributed by atoms with Crippen LogP contribution in [0.15, 0.2) is 53.8 Å².